The second kappa shape index (κ2) is 7.60. The number of aliphatic hydroxyl groups excluding tert-OH is 1. The normalized spacial score (nSPS) is 14.0. The minimum Gasteiger partial charge on any atom is -0.480 e. The fourth-order valence-electron chi connectivity index (χ4n) is 1.12. The Morgan fingerprint density at radius 3 is 2.47 bits per heavy atom. The number of nitrogens with zero attached hydrogens (tertiary/aromatic N) is 1. The molecule has 0 amide bonds. The number of β-amino-alcohol motifs (C(OH)–C–C–N with tert-alkyl or cyclic N) is 1. The van der Waals surface area contributed by atoms with E-state index in [0.717, 1.165) is 0 Å². The molecule has 0 bridgehead atoms. The molecule has 0 aromatic heterocycles. The lowest BCUT2D eigenvalue weighted by Crippen LogP contribution is -2.51. The highest BCUT2D eigenvalue weighted by Gasteiger charge is 2.32. The van der Waals surface area contributed by atoms with E-state index >= 15 is 0 Å². The lowest BCUT2D eigenvalue weighted by molar-refractivity contribution is -0.149. The van der Waals surface area contributed by atoms with E-state index in [9.17, 15) is 9.90 Å². The summed E-state index contributed by atoms with van der Waals surface area (Å²) in [5.74, 6) is -0.924. The van der Waals surface area contributed by atoms with E-state index in [1.807, 2.05) is 0 Å². The van der Waals surface area contributed by atoms with Gasteiger partial charge in [0.2, 0.25) is 0 Å². The number of methoxy groups -OCH3 is 1. The van der Waals surface area contributed by atoms with Crippen molar-refractivity contribution in [1.82, 2.24) is 4.90 Å². The molecule has 6 heteroatoms. The second-order valence-corrected chi connectivity index (χ2v) is 4.47. The van der Waals surface area contributed by atoms with Crippen LogP contribution in [0.2, 0.25) is 0 Å². The first-order valence-corrected chi connectivity index (χ1v) is 5.51. The number of aliphatic hydroxyl groups is 1. The number of carboxylic acids is 1. The van der Waals surface area contributed by atoms with Crippen molar-refractivity contribution in [3.05, 3.63) is 0 Å². The molecule has 0 rings (SSSR count). The number of carbonyl (C=O) groups is 1. The van der Waals surface area contributed by atoms with Gasteiger partial charge in [-0.1, -0.05) is 0 Å². The molecule has 17 heavy (non-hydrogen) atoms. The van der Waals surface area contributed by atoms with Gasteiger partial charge >= 0.3 is 5.97 Å². The lowest BCUT2D eigenvalue weighted by Gasteiger charge is -2.32. The maximum atomic E-state index is 11.0. The van der Waals surface area contributed by atoms with Gasteiger partial charge in [-0.05, 0) is 20.9 Å². The molecule has 6 nitrogen and oxygen atoms in total. The van der Waals surface area contributed by atoms with E-state index in [-0.39, 0.29) is 13.2 Å². The maximum Gasteiger partial charge on any atom is 0.323 e. The molecule has 0 aliphatic rings. The van der Waals surface area contributed by atoms with Gasteiger partial charge in [-0.3, -0.25) is 9.69 Å². The largest absolute Gasteiger partial charge is 0.480 e. The van der Waals surface area contributed by atoms with Crippen molar-refractivity contribution < 1.29 is 24.5 Å². The topological polar surface area (TPSA) is 79.2 Å². The maximum absolute atomic E-state index is 11.0. The Hall–Kier alpha value is -0.690. The molecule has 0 aromatic carbocycles. The van der Waals surface area contributed by atoms with E-state index in [0.29, 0.717) is 13.2 Å². The molecule has 0 spiro atoms. The Morgan fingerprint density at radius 2 is 2.00 bits per heavy atom. The van der Waals surface area contributed by atoms with Gasteiger partial charge in [0.25, 0.3) is 0 Å². The van der Waals surface area contributed by atoms with Crippen LogP contribution >= 0.6 is 0 Å². The van der Waals surface area contributed by atoms with Gasteiger partial charge in [0.1, 0.15) is 5.54 Å². The van der Waals surface area contributed by atoms with Gasteiger partial charge in [0, 0.05) is 13.7 Å². The van der Waals surface area contributed by atoms with Crippen LogP contribution in [0.4, 0.5) is 0 Å². The third kappa shape index (κ3) is 5.97. The van der Waals surface area contributed by atoms with Crippen molar-refractivity contribution in [2.24, 2.45) is 0 Å². The van der Waals surface area contributed by atoms with E-state index in [4.69, 9.17) is 14.6 Å². The predicted molar refractivity (Wildman–Crippen MR) is 63.0 cm³/mol. The first-order chi connectivity index (χ1) is 7.82. The molecule has 0 saturated heterocycles. The van der Waals surface area contributed by atoms with Crippen LogP contribution in [0.25, 0.3) is 0 Å². The van der Waals surface area contributed by atoms with E-state index in [1.54, 1.807) is 32.9 Å². The summed E-state index contributed by atoms with van der Waals surface area (Å²) in [5, 5.41) is 18.7. The average molecular weight is 249 g/mol. The molecule has 2 N–H and O–H groups in total. The molecule has 102 valence electrons. The lowest BCUT2D eigenvalue weighted by atomic mass is 10.0. The first-order valence-electron chi connectivity index (χ1n) is 5.51. The molecule has 0 aliphatic heterocycles. The monoisotopic (exact) mass is 249 g/mol. The van der Waals surface area contributed by atoms with Gasteiger partial charge < -0.3 is 19.7 Å². The number of ether oxygens (including phenoxy) is 2. The van der Waals surface area contributed by atoms with Gasteiger partial charge in [-0.2, -0.15) is 0 Å². The Morgan fingerprint density at radius 1 is 1.41 bits per heavy atom. The molecule has 0 fully saturated rings. The number of likely N-dealkylation sites (N-methyl/N-ethyl adjacent to an activating group) is 1. The predicted octanol–water partition coefficient (Wildman–Crippen LogP) is -0.195. The van der Waals surface area contributed by atoms with Crippen LogP contribution in [0, 0.1) is 0 Å². The number of hydrogen-bond donors (Lipinski definition) is 2. The highest BCUT2D eigenvalue weighted by Crippen LogP contribution is 2.12. The van der Waals surface area contributed by atoms with Crippen LogP contribution in [0.15, 0.2) is 0 Å². The van der Waals surface area contributed by atoms with Crippen molar-refractivity contribution >= 4 is 5.97 Å². The van der Waals surface area contributed by atoms with E-state index in [1.165, 1.54) is 0 Å². The van der Waals surface area contributed by atoms with Gasteiger partial charge in [-0.15, -0.1) is 0 Å². The first kappa shape index (κ1) is 16.3. The van der Waals surface area contributed by atoms with Crippen LogP contribution in [0.1, 0.15) is 13.8 Å². The fraction of sp³-hybridized carbons (Fsp3) is 0.909. The van der Waals surface area contributed by atoms with Gasteiger partial charge in [0.15, 0.2) is 0 Å². The summed E-state index contributed by atoms with van der Waals surface area (Å²) >= 11 is 0. The summed E-state index contributed by atoms with van der Waals surface area (Å²) < 4.78 is 9.96. The van der Waals surface area contributed by atoms with Crippen LogP contribution < -0.4 is 0 Å². The summed E-state index contributed by atoms with van der Waals surface area (Å²) in [6.45, 7) is 4.49. The Bertz CT molecular complexity index is 232. The SMILES string of the molecule is COCCOCC(O)CN(C)C(C)(C)C(=O)O. The zero-order valence-electron chi connectivity index (χ0n) is 11.0. The Labute approximate surface area is 102 Å². The van der Waals surface area contributed by atoms with Crippen molar-refractivity contribution in [3.63, 3.8) is 0 Å². The van der Waals surface area contributed by atoms with Gasteiger partial charge in [0.05, 0.1) is 25.9 Å². The van der Waals surface area contributed by atoms with Crippen molar-refractivity contribution in [1.29, 1.82) is 0 Å². The summed E-state index contributed by atoms with van der Waals surface area (Å²) in [7, 11) is 3.23. The third-order valence-corrected chi connectivity index (χ3v) is 2.70. The summed E-state index contributed by atoms with van der Waals surface area (Å²) in [5.41, 5.74) is -1.01. The molecular formula is C11H23NO5. The zero-order chi connectivity index (χ0) is 13.5. The van der Waals surface area contributed by atoms with Crippen LogP contribution in [-0.4, -0.2) is 73.2 Å². The van der Waals surface area contributed by atoms with E-state index < -0.39 is 17.6 Å². The highest BCUT2D eigenvalue weighted by molar-refractivity contribution is 5.77. The van der Waals surface area contributed by atoms with Crippen LogP contribution in [0.5, 0.6) is 0 Å². The standard InChI is InChI=1S/C11H23NO5/c1-11(2,10(14)15)12(3)7-9(13)8-17-6-5-16-4/h9,13H,5-8H2,1-4H3,(H,14,15). The number of rotatable bonds is 9. The molecular weight excluding hydrogens is 226 g/mol. The molecule has 1 unspecified atom stereocenters. The van der Waals surface area contributed by atoms with E-state index in [2.05, 4.69) is 0 Å². The third-order valence-electron chi connectivity index (χ3n) is 2.70. The molecule has 0 aliphatic carbocycles. The molecule has 0 aromatic rings. The molecule has 0 radical (unpaired) electrons. The Kier molecular flexibility index (Phi) is 7.29. The number of carboxylic acid groups (broad SMARTS) is 1. The van der Waals surface area contributed by atoms with Crippen molar-refractivity contribution in [2.75, 3.05) is 40.5 Å². The molecule has 0 saturated carbocycles. The van der Waals surface area contributed by atoms with Crippen LogP contribution in [-0.2, 0) is 14.3 Å². The second-order valence-electron chi connectivity index (χ2n) is 4.47. The van der Waals surface area contributed by atoms with Crippen LogP contribution in [0.3, 0.4) is 0 Å². The molecule has 1 atom stereocenters. The minimum atomic E-state index is -1.01. The Balaban J connectivity index is 3.95. The molecule has 0 heterocycles. The summed E-state index contributed by atoms with van der Waals surface area (Å²) in [6, 6.07) is 0. The highest BCUT2D eigenvalue weighted by atomic mass is 16.5. The average Bonchev–Trinajstić information content (AvgIpc) is 2.24. The quantitative estimate of drug-likeness (QED) is 0.551. The smallest absolute Gasteiger partial charge is 0.323 e. The fourth-order valence-corrected chi connectivity index (χ4v) is 1.12. The summed E-state index contributed by atoms with van der Waals surface area (Å²) in [6.07, 6.45) is -0.713. The van der Waals surface area contributed by atoms with Crippen molar-refractivity contribution in [2.45, 2.75) is 25.5 Å². The zero-order valence-corrected chi connectivity index (χ0v) is 11.0. The summed E-state index contributed by atoms with van der Waals surface area (Å²) in [4.78, 5) is 12.6. The minimum absolute atomic E-state index is 0.170. The number of aliphatic carboxylic acids is 1. The van der Waals surface area contributed by atoms with Crippen molar-refractivity contribution in [3.8, 4) is 0 Å². The number of hydrogen-bond acceptors (Lipinski definition) is 5. The van der Waals surface area contributed by atoms with Gasteiger partial charge in [-0.25, -0.2) is 0 Å².